The van der Waals surface area contributed by atoms with Gasteiger partial charge < -0.3 is 15.0 Å². The van der Waals surface area contributed by atoms with Gasteiger partial charge in [-0.25, -0.2) is 0 Å². The number of rotatable bonds is 5. The van der Waals surface area contributed by atoms with Crippen LogP contribution in [0.3, 0.4) is 0 Å². The SMILES string of the molecule is CNCc1cc(N2CCSC2=O)ccc1Oc1ccc(Cl)c(Cl)c1. The summed E-state index contributed by atoms with van der Waals surface area (Å²) in [6, 6.07) is 10.9. The zero-order chi connectivity index (χ0) is 17.1. The predicted octanol–water partition coefficient (Wildman–Crippen LogP) is 5.18. The van der Waals surface area contributed by atoms with Crippen molar-refractivity contribution in [3.8, 4) is 11.5 Å². The van der Waals surface area contributed by atoms with Gasteiger partial charge in [0.1, 0.15) is 11.5 Å². The third kappa shape index (κ3) is 3.81. The lowest BCUT2D eigenvalue weighted by Crippen LogP contribution is -2.22. The second-order valence-electron chi connectivity index (χ2n) is 5.27. The maximum absolute atomic E-state index is 11.9. The smallest absolute Gasteiger partial charge is 0.286 e. The number of halogens is 2. The van der Waals surface area contributed by atoms with Gasteiger partial charge in [-0.1, -0.05) is 35.0 Å². The Labute approximate surface area is 155 Å². The zero-order valence-electron chi connectivity index (χ0n) is 13.0. The Kier molecular flexibility index (Phi) is 5.56. The number of nitrogens with zero attached hydrogens (tertiary/aromatic N) is 1. The van der Waals surface area contributed by atoms with Crippen molar-refractivity contribution in [3.05, 3.63) is 52.0 Å². The molecule has 1 fully saturated rings. The van der Waals surface area contributed by atoms with E-state index in [2.05, 4.69) is 5.32 Å². The lowest BCUT2D eigenvalue weighted by Gasteiger charge is -2.18. The summed E-state index contributed by atoms with van der Waals surface area (Å²) in [4.78, 5) is 13.7. The zero-order valence-corrected chi connectivity index (χ0v) is 15.3. The van der Waals surface area contributed by atoms with Crippen molar-refractivity contribution in [2.45, 2.75) is 6.54 Å². The van der Waals surface area contributed by atoms with E-state index >= 15 is 0 Å². The number of hydrogen-bond donors (Lipinski definition) is 1. The predicted molar refractivity (Wildman–Crippen MR) is 101 cm³/mol. The summed E-state index contributed by atoms with van der Waals surface area (Å²) < 4.78 is 5.95. The molecule has 1 saturated heterocycles. The van der Waals surface area contributed by atoms with Crippen LogP contribution in [0.4, 0.5) is 10.5 Å². The average Bonchev–Trinajstić information content (AvgIpc) is 2.99. The Balaban J connectivity index is 1.89. The molecular weight excluding hydrogens is 367 g/mol. The maximum atomic E-state index is 11.9. The van der Waals surface area contributed by atoms with E-state index in [1.807, 2.05) is 25.2 Å². The number of carbonyl (C=O) groups is 1. The van der Waals surface area contributed by atoms with E-state index in [1.165, 1.54) is 11.8 Å². The summed E-state index contributed by atoms with van der Waals surface area (Å²) in [5, 5.41) is 4.14. The van der Waals surface area contributed by atoms with E-state index < -0.39 is 0 Å². The van der Waals surface area contributed by atoms with Crippen LogP contribution in [0.5, 0.6) is 11.5 Å². The highest BCUT2D eigenvalue weighted by Crippen LogP contribution is 2.34. The maximum Gasteiger partial charge on any atom is 0.286 e. The first-order chi connectivity index (χ1) is 11.6. The molecular formula is C17H16Cl2N2O2S. The summed E-state index contributed by atoms with van der Waals surface area (Å²) in [5.74, 6) is 2.15. The van der Waals surface area contributed by atoms with Gasteiger partial charge in [-0.3, -0.25) is 4.79 Å². The largest absolute Gasteiger partial charge is 0.457 e. The van der Waals surface area contributed by atoms with Gasteiger partial charge >= 0.3 is 0 Å². The summed E-state index contributed by atoms with van der Waals surface area (Å²) in [7, 11) is 1.87. The van der Waals surface area contributed by atoms with Crippen LogP contribution in [0.2, 0.25) is 10.0 Å². The van der Waals surface area contributed by atoms with Crippen molar-refractivity contribution in [2.24, 2.45) is 0 Å². The van der Waals surface area contributed by atoms with Gasteiger partial charge in [-0.15, -0.1) is 0 Å². The summed E-state index contributed by atoms with van der Waals surface area (Å²) in [6.45, 7) is 1.36. The molecule has 0 atom stereocenters. The summed E-state index contributed by atoms with van der Waals surface area (Å²) in [5.41, 5.74) is 1.85. The van der Waals surface area contributed by atoms with Gasteiger partial charge in [-0.2, -0.15) is 0 Å². The van der Waals surface area contributed by atoms with Crippen molar-refractivity contribution in [3.63, 3.8) is 0 Å². The van der Waals surface area contributed by atoms with Gasteiger partial charge in [-0.05, 0) is 37.4 Å². The van der Waals surface area contributed by atoms with E-state index in [4.69, 9.17) is 27.9 Å². The minimum absolute atomic E-state index is 0.0866. The van der Waals surface area contributed by atoms with Crippen molar-refractivity contribution in [1.29, 1.82) is 0 Å². The van der Waals surface area contributed by atoms with Gasteiger partial charge in [0, 0.05) is 36.2 Å². The molecule has 1 aliphatic heterocycles. The van der Waals surface area contributed by atoms with E-state index in [1.54, 1.807) is 23.1 Å². The molecule has 1 aliphatic rings. The number of thioether (sulfide) groups is 1. The van der Waals surface area contributed by atoms with Crippen LogP contribution >= 0.6 is 35.0 Å². The van der Waals surface area contributed by atoms with Gasteiger partial charge in [0.25, 0.3) is 5.24 Å². The lowest BCUT2D eigenvalue weighted by molar-refractivity contribution is 0.266. The number of ether oxygens (including phenoxy) is 1. The molecule has 0 aliphatic carbocycles. The molecule has 1 amide bonds. The molecule has 1 heterocycles. The Morgan fingerprint density at radius 1 is 1.21 bits per heavy atom. The average molecular weight is 383 g/mol. The van der Waals surface area contributed by atoms with Gasteiger partial charge in [0.2, 0.25) is 0 Å². The molecule has 0 saturated carbocycles. The summed E-state index contributed by atoms with van der Waals surface area (Å²) >= 11 is 13.3. The number of anilines is 1. The molecule has 0 aromatic heterocycles. The van der Waals surface area contributed by atoms with Gasteiger partial charge in [0.05, 0.1) is 10.0 Å². The standard InChI is InChI=1S/C17H16Cl2N2O2S/c1-20-10-11-8-12(21-6-7-24-17(21)22)2-5-16(11)23-13-3-4-14(18)15(19)9-13/h2-5,8-9,20H,6-7,10H2,1H3. The van der Waals surface area contributed by atoms with Crippen LogP contribution in [0.15, 0.2) is 36.4 Å². The molecule has 2 aromatic rings. The van der Waals surface area contributed by atoms with E-state index in [0.717, 1.165) is 23.5 Å². The number of benzene rings is 2. The molecule has 4 nitrogen and oxygen atoms in total. The molecule has 1 N–H and O–H groups in total. The first-order valence-corrected chi connectivity index (χ1v) is 9.17. The van der Waals surface area contributed by atoms with Crippen LogP contribution in [0.1, 0.15) is 5.56 Å². The second kappa shape index (κ2) is 7.66. The third-order valence-electron chi connectivity index (χ3n) is 3.60. The monoisotopic (exact) mass is 382 g/mol. The lowest BCUT2D eigenvalue weighted by atomic mass is 10.1. The molecule has 0 spiro atoms. The molecule has 3 rings (SSSR count). The van der Waals surface area contributed by atoms with Crippen LogP contribution < -0.4 is 15.0 Å². The van der Waals surface area contributed by atoms with Crippen LogP contribution in [0, 0.1) is 0 Å². The minimum Gasteiger partial charge on any atom is -0.457 e. The van der Waals surface area contributed by atoms with Crippen LogP contribution in [-0.4, -0.2) is 24.6 Å². The molecule has 0 bridgehead atoms. The number of nitrogens with one attached hydrogen (secondary N) is 1. The van der Waals surface area contributed by atoms with Gasteiger partial charge in [0.15, 0.2) is 0 Å². The highest BCUT2D eigenvalue weighted by molar-refractivity contribution is 8.14. The number of hydrogen-bond acceptors (Lipinski definition) is 4. The molecule has 7 heteroatoms. The van der Waals surface area contributed by atoms with Crippen LogP contribution in [-0.2, 0) is 6.54 Å². The minimum atomic E-state index is 0.0866. The molecule has 0 radical (unpaired) electrons. The Morgan fingerprint density at radius 3 is 2.71 bits per heavy atom. The fourth-order valence-corrected chi connectivity index (χ4v) is 3.55. The molecule has 0 unspecified atom stereocenters. The first kappa shape index (κ1) is 17.4. The topological polar surface area (TPSA) is 41.6 Å². The quantitative estimate of drug-likeness (QED) is 0.773. The fraction of sp³-hybridized carbons (Fsp3) is 0.235. The number of amides is 1. The first-order valence-electron chi connectivity index (χ1n) is 7.43. The van der Waals surface area contributed by atoms with Crippen molar-refractivity contribution < 1.29 is 9.53 Å². The van der Waals surface area contributed by atoms with Crippen molar-refractivity contribution in [2.75, 3.05) is 24.2 Å². The van der Waals surface area contributed by atoms with Crippen molar-refractivity contribution >= 4 is 45.9 Å². The van der Waals surface area contributed by atoms with E-state index in [-0.39, 0.29) is 5.24 Å². The molecule has 24 heavy (non-hydrogen) atoms. The van der Waals surface area contributed by atoms with E-state index in [0.29, 0.717) is 28.1 Å². The van der Waals surface area contributed by atoms with Crippen molar-refractivity contribution in [1.82, 2.24) is 5.32 Å². The second-order valence-corrected chi connectivity index (χ2v) is 7.13. The Morgan fingerprint density at radius 2 is 2.04 bits per heavy atom. The normalized spacial score (nSPS) is 14.3. The molecule has 2 aromatic carbocycles. The molecule has 126 valence electrons. The fourth-order valence-electron chi connectivity index (χ4n) is 2.46. The number of carbonyl (C=O) groups excluding carboxylic acids is 1. The Bertz CT molecular complexity index is 770. The highest BCUT2D eigenvalue weighted by atomic mass is 35.5. The summed E-state index contributed by atoms with van der Waals surface area (Å²) in [6.07, 6.45) is 0. The van der Waals surface area contributed by atoms with E-state index in [9.17, 15) is 4.79 Å². The third-order valence-corrected chi connectivity index (χ3v) is 5.20. The van der Waals surface area contributed by atoms with Crippen LogP contribution in [0.25, 0.3) is 0 Å². The highest BCUT2D eigenvalue weighted by Gasteiger charge is 2.23. The Hall–Kier alpha value is -1.40.